The van der Waals surface area contributed by atoms with Gasteiger partial charge in [-0.2, -0.15) is 10.1 Å². The van der Waals surface area contributed by atoms with E-state index in [0.29, 0.717) is 13.2 Å². The topological polar surface area (TPSA) is 64.9 Å². The Balaban J connectivity index is 1.53. The van der Waals surface area contributed by atoms with Gasteiger partial charge in [0.1, 0.15) is 18.2 Å². The van der Waals surface area contributed by atoms with Crippen LogP contribution in [0.2, 0.25) is 0 Å². The van der Waals surface area contributed by atoms with Crippen LogP contribution in [-0.2, 0) is 20.2 Å². The number of rotatable bonds is 6. The van der Waals surface area contributed by atoms with E-state index in [9.17, 15) is 0 Å². The number of benzene rings is 1. The van der Waals surface area contributed by atoms with E-state index in [1.54, 1.807) is 17.1 Å². The molecule has 0 saturated heterocycles. The molecule has 0 aliphatic carbocycles. The maximum Gasteiger partial charge on any atom is 0.221 e. The van der Waals surface area contributed by atoms with Gasteiger partial charge in [-0.25, -0.2) is 4.68 Å². The van der Waals surface area contributed by atoms with Gasteiger partial charge in [0.25, 0.3) is 0 Å². The quantitative estimate of drug-likeness (QED) is 0.758. The predicted molar refractivity (Wildman–Crippen MR) is 88.1 cm³/mol. The van der Waals surface area contributed by atoms with Gasteiger partial charge in [-0.15, -0.1) is 0 Å². The van der Waals surface area contributed by atoms with Gasteiger partial charge in [0.15, 0.2) is 0 Å². The standard InChI is InChI=1S/C17H19N5O/c1-13-20-17(22(2)21-13)19-11-14-3-5-16(6-4-14)23-12-15-7-9-18-10-8-15/h3-10H,11-12H2,1-2H3,(H,19,20,21). The summed E-state index contributed by atoms with van der Waals surface area (Å²) in [7, 11) is 1.87. The third kappa shape index (κ3) is 4.06. The summed E-state index contributed by atoms with van der Waals surface area (Å²) in [4.78, 5) is 8.31. The van der Waals surface area contributed by atoms with E-state index >= 15 is 0 Å². The van der Waals surface area contributed by atoms with Crippen LogP contribution in [0.4, 0.5) is 5.95 Å². The largest absolute Gasteiger partial charge is 0.489 e. The fraction of sp³-hybridized carbons (Fsp3) is 0.235. The Labute approximate surface area is 135 Å². The van der Waals surface area contributed by atoms with Gasteiger partial charge in [0.05, 0.1) is 0 Å². The molecule has 3 rings (SSSR count). The summed E-state index contributed by atoms with van der Waals surface area (Å²) in [5.41, 5.74) is 2.25. The SMILES string of the molecule is Cc1nc(NCc2ccc(OCc3ccncc3)cc2)n(C)n1. The third-order valence-corrected chi connectivity index (χ3v) is 3.40. The maximum atomic E-state index is 5.76. The van der Waals surface area contributed by atoms with Crippen LogP contribution < -0.4 is 10.1 Å². The third-order valence-electron chi connectivity index (χ3n) is 3.40. The van der Waals surface area contributed by atoms with Crippen molar-refractivity contribution in [2.75, 3.05) is 5.32 Å². The summed E-state index contributed by atoms with van der Waals surface area (Å²) in [5.74, 6) is 2.37. The van der Waals surface area contributed by atoms with E-state index in [1.165, 1.54) is 0 Å². The normalized spacial score (nSPS) is 10.5. The lowest BCUT2D eigenvalue weighted by Crippen LogP contribution is -2.05. The molecule has 0 spiro atoms. The van der Waals surface area contributed by atoms with Gasteiger partial charge in [-0.3, -0.25) is 4.98 Å². The Morgan fingerprint density at radius 1 is 1.04 bits per heavy atom. The average molecular weight is 309 g/mol. The molecular formula is C17H19N5O. The number of hydrogen-bond donors (Lipinski definition) is 1. The summed E-state index contributed by atoms with van der Waals surface area (Å²) in [5, 5.41) is 7.48. The van der Waals surface area contributed by atoms with E-state index in [2.05, 4.69) is 20.4 Å². The second kappa shape index (κ2) is 6.91. The van der Waals surface area contributed by atoms with Gasteiger partial charge in [0, 0.05) is 26.0 Å². The van der Waals surface area contributed by atoms with Crippen LogP contribution in [0, 0.1) is 6.92 Å². The van der Waals surface area contributed by atoms with Crippen LogP contribution in [0.5, 0.6) is 5.75 Å². The Morgan fingerprint density at radius 2 is 1.78 bits per heavy atom. The number of aryl methyl sites for hydroxylation is 2. The van der Waals surface area contributed by atoms with E-state index in [0.717, 1.165) is 28.6 Å². The molecule has 0 unspecified atom stereocenters. The minimum absolute atomic E-state index is 0.540. The molecule has 23 heavy (non-hydrogen) atoms. The van der Waals surface area contributed by atoms with Crippen molar-refractivity contribution in [3.8, 4) is 5.75 Å². The second-order valence-corrected chi connectivity index (χ2v) is 5.25. The zero-order chi connectivity index (χ0) is 16.1. The zero-order valence-corrected chi connectivity index (χ0v) is 13.2. The zero-order valence-electron chi connectivity index (χ0n) is 13.2. The lowest BCUT2D eigenvalue weighted by Gasteiger charge is -2.08. The van der Waals surface area contributed by atoms with Crippen molar-refractivity contribution in [1.29, 1.82) is 0 Å². The van der Waals surface area contributed by atoms with Crippen molar-refractivity contribution in [2.45, 2.75) is 20.1 Å². The molecule has 118 valence electrons. The number of nitrogens with zero attached hydrogens (tertiary/aromatic N) is 4. The molecular weight excluding hydrogens is 290 g/mol. The molecule has 2 heterocycles. The van der Waals surface area contributed by atoms with E-state index in [-0.39, 0.29) is 0 Å². The van der Waals surface area contributed by atoms with Crippen LogP contribution in [0.1, 0.15) is 17.0 Å². The smallest absolute Gasteiger partial charge is 0.221 e. The molecule has 2 aromatic heterocycles. The van der Waals surface area contributed by atoms with Gasteiger partial charge in [-0.05, 0) is 42.3 Å². The molecule has 0 amide bonds. The monoisotopic (exact) mass is 309 g/mol. The average Bonchev–Trinajstić information content (AvgIpc) is 2.90. The number of anilines is 1. The van der Waals surface area contributed by atoms with Crippen LogP contribution in [0.3, 0.4) is 0 Å². The van der Waals surface area contributed by atoms with Gasteiger partial charge >= 0.3 is 0 Å². The van der Waals surface area contributed by atoms with E-state index < -0.39 is 0 Å². The van der Waals surface area contributed by atoms with Crippen molar-refractivity contribution >= 4 is 5.95 Å². The molecule has 0 aliphatic rings. The first-order valence-corrected chi connectivity index (χ1v) is 7.43. The fourth-order valence-electron chi connectivity index (χ4n) is 2.20. The highest BCUT2D eigenvalue weighted by atomic mass is 16.5. The number of nitrogens with one attached hydrogen (secondary N) is 1. The van der Waals surface area contributed by atoms with E-state index in [1.807, 2.05) is 50.4 Å². The maximum absolute atomic E-state index is 5.76. The molecule has 0 fully saturated rings. The molecule has 1 N–H and O–H groups in total. The first-order valence-electron chi connectivity index (χ1n) is 7.43. The highest BCUT2D eigenvalue weighted by Gasteiger charge is 2.03. The van der Waals surface area contributed by atoms with Crippen molar-refractivity contribution in [3.63, 3.8) is 0 Å². The summed E-state index contributed by atoms with van der Waals surface area (Å²) in [6, 6.07) is 11.9. The van der Waals surface area contributed by atoms with Crippen LogP contribution in [0.15, 0.2) is 48.8 Å². The molecule has 0 saturated carbocycles. The number of aromatic nitrogens is 4. The summed E-state index contributed by atoms with van der Waals surface area (Å²) < 4.78 is 7.50. The Bertz CT molecular complexity index is 752. The minimum atomic E-state index is 0.540. The highest BCUT2D eigenvalue weighted by molar-refractivity contribution is 5.32. The minimum Gasteiger partial charge on any atom is -0.489 e. The van der Waals surface area contributed by atoms with Crippen molar-refractivity contribution in [3.05, 3.63) is 65.7 Å². The molecule has 0 radical (unpaired) electrons. The predicted octanol–water partition coefficient (Wildman–Crippen LogP) is 2.71. The summed E-state index contributed by atoms with van der Waals surface area (Å²) in [6.07, 6.45) is 3.53. The Kier molecular flexibility index (Phi) is 4.52. The first kappa shape index (κ1) is 15.0. The van der Waals surface area contributed by atoms with Gasteiger partial charge < -0.3 is 10.1 Å². The first-order chi connectivity index (χ1) is 11.2. The molecule has 0 atom stereocenters. The van der Waals surface area contributed by atoms with Crippen molar-refractivity contribution in [1.82, 2.24) is 19.7 Å². The molecule has 0 bridgehead atoms. The number of ether oxygens (including phenoxy) is 1. The molecule has 6 nitrogen and oxygen atoms in total. The van der Waals surface area contributed by atoms with Crippen LogP contribution in [-0.4, -0.2) is 19.7 Å². The second-order valence-electron chi connectivity index (χ2n) is 5.25. The number of hydrogen-bond acceptors (Lipinski definition) is 5. The Morgan fingerprint density at radius 3 is 2.43 bits per heavy atom. The molecule has 0 aliphatic heterocycles. The lowest BCUT2D eigenvalue weighted by atomic mass is 10.2. The van der Waals surface area contributed by atoms with Gasteiger partial charge in [0.2, 0.25) is 5.95 Å². The molecule has 6 heteroatoms. The van der Waals surface area contributed by atoms with E-state index in [4.69, 9.17) is 4.74 Å². The van der Waals surface area contributed by atoms with Crippen LogP contribution in [0.25, 0.3) is 0 Å². The Hall–Kier alpha value is -2.89. The van der Waals surface area contributed by atoms with Gasteiger partial charge in [-0.1, -0.05) is 12.1 Å². The van der Waals surface area contributed by atoms with Crippen LogP contribution >= 0.6 is 0 Å². The van der Waals surface area contributed by atoms with Crippen molar-refractivity contribution in [2.24, 2.45) is 7.05 Å². The fourth-order valence-corrected chi connectivity index (χ4v) is 2.20. The summed E-state index contributed by atoms with van der Waals surface area (Å²) >= 11 is 0. The highest BCUT2D eigenvalue weighted by Crippen LogP contribution is 2.15. The summed E-state index contributed by atoms with van der Waals surface area (Å²) in [6.45, 7) is 3.11. The van der Waals surface area contributed by atoms with Crippen molar-refractivity contribution < 1.29 is 4.74 Å². The molecule has 1 aromatic carbocycles. The lowest BCUT2D eigenvalue weighted by molar-refractivity contribution is 0.306. The number of pyridine rings is 1. The molecule has 3 aromatic rings.